The minimum Gasteiger partial charge on any atom is -0.480 e. The molecular weight excluding hydrogens is 269 g/mol. The number of nitrogens with one attached hydrogen (secondary N) is 1. The highest BCUT2D eigenvalue weighted by Gasteiger charge is 2.73. The van der Waals surface area contributed by atoms with Gasteiger partial charge >= 0.3 is 5.97 Å². The first-order chi connectivity index (χ1) is 8.53. The SMILES string of the molecule is Cl.O=C(O)C(NCc1ccccc1)C12CC(F)(C1)C2. The molecule has 1 unspecified atom stereocenters. The Balaban J connectivity index is 0.00000133. The summed E-state index contributed by atoms with van der Waals surface area (Å²) in [6, 6.07) is 9.03. The first-order valence-electron chi connectivity index (χ1n) is 6.22. The van der Waals surface area contributed by atoms with Crippen molar-refractivity contribution >= 4 is 18.4 Å². The topological polar surface area (TPSA) is 49.3 Å². The molecule has 0 heterocycles. The maximum atomic E-state index is 13.5. The molecule has 0 aromatic heterocycles. The van der Waals surface area contributed by atoms with E-state index in [1.54, 1.807) is 0 Å². The summed E-state index contributed by atoms with van der Waals surface area (Å²) < 4.78 is 13.5. The van der Waals surface area contributed by atoms with E-state index in [0.717, 1.165) is 5.56 Å². The van der Waals surface area contributed by atoms with Crippen LogP contribution in [0.25, 0.3) is 0 Å². The first-order valence-corrected chi connectivity index (χ1v) is 6.22. The number of benzene rings is 1. The molecule has 5 heteroatoms. The van der Waals surface area contributed by atoms with Gasteiger partial charge < -0.3 is 5.11 Å². The van der Waals surface area contributed by atoms with Gasteiger partial charge in [-0.1, -0.05) is 30.3 Å². The van der Waals surface area contributed by atoms with Crippen molar-refractivity contribution in [2.24, 2.45) is 5.41 Å². The quantitative estimate of drug-likeness (QED) is 0.874. The molecule has 1 aromatic rings. The maximum absolute atomic E-state index is 13.5. The van der Waals surface area contributed by atoms with Gasteiger partial charge in [0.1, 0.15) is 11.7 Å². The zero-order chi connectivity index (χ0) is 12.8. The molecule has 4 rings (SSSR count). The fourth-order valence-corrected chi connectivity index (χ4v) is 3.43. The predicted octanol–water partition coefficient (Wildman–Crippen LogP) is 2.54. The third-order valence-corrected chi connectivity index (χ3v) is 4.22. The van der Waals surface area contributed by atoms with Crippen LogP contribution in [0.3, 0.4) is 0 Å². The molecule has 3 fully saturated rings. The second-order valence-electron chi connectivity index (χ2n) is 5.68. The van der Waals surface area contributed by atoms with Gasteiger partial charge in [0.15, 0.2) is 0 Å². The standard InChI is InChI=1S/C14H16FNO2.ClH/c15-14-7-13(8-14,9-14)11(12(17)18)16-6-10-4-2-1-3-5-10;/h1-5,11,16H,6-9H2,(H,17,18);1H. The van der Waals surface area contributed by atoms with Crippen molar-refractivity contribution in [3.05, 3.63) is 35.9 Å². The first kappa shape index (κ1) is 14.3. The summed E-state index contributed by atoms with van der Waals surface area (Å²) in [7, 11) is 0. The predicted molar refractivity (Wildman–Crippen MR) is 72.1 cm³/mol. The molecule has 3 aliphatic rings. The summed E-state index contributed by atoms with van der Waals surface area (Å²) in [5.41, 5.74) is -0.345. The molecule has 3 nitrogen and oxygen atoms in total. The van der Waals surface area contributed by atoms with Crippen molar-refractivity contribution in [3.8, 4) is 0 Å². The number of hydrogen-bond donors (Lipinski definition) is 2. The second kappa shape index (κ2) is 4.76. The number of carboxylic acid groups (broad SMARTS) is 1. The van der Waals surface area contributed by atoms with Crippen LogP contribution >= 0.6 is 12.4 Å². The zero-order valence-electron chi connectivity index (χ0n) is 10.4. The van der Waals surface area contributed by atoms with Crippen LogP contribution < -0.4 is 5.32 Å². The third-order valence-electron chi connectivity index (χ3n) is 4.22. The van der Waals surface area contributed by atoms with Crippen LogP contribution in [-0.4, -0.2) is 22.8 Å². The van der Waals surface area contributed by atoms with E-state index >= 15 is 0 Å². The van der Waals surface area contributed by atoms with E-state index in [0.29, 0.717) is 25.8 Å². The van der Waals surface area contributed by atoms with Gasteiger partial charge in [-0.2, -0.15) is 0 Å². The molecule has 0 saturated heterocycles. The minimum atomic E-state index is -1.05. The van der Waals surface area contributed by atoms with E-state index in [-0.39, 0.29) is 17.8 Å². The van der Waals surface area contributed by atoms with Crippen molar-refractivity contribution in [2.75, 3.05) is 0 Å². The van der Waals surface area contributed by atoms with Gasteiger partial charge in [-0.3, -0.25) is 10.1 Å². The third kappa shape index (κ3) is 2.35. The van der Waals surface area contributed by atoms with Crippen molar-refractivity contribution < 1.29 is 14.3 Å². The lowest BCUT2D eigenvalue weighted by Crippen LogP contribution is -2.73. The van der Waals surface area contributed by atoms with Crippen LogP contribution in [0, 0.1) is 5.41 Å². The average molecular weight is 286 g/mol. The fraction of sp³-hybridized carbons (Fsp3) is 0.500. The molecule has 19 heavy (non-hydrogen) atoms. The molecular formula is C14H17ClFNO2. The van der Waals surface area contributed by atoms with Crippen LogP contribution in [0.1, 0.15) is 24.8 Å². The molecule has 2 N–H and O–H groups in total. The molecule has 1 aromatic carbocycles. The number of carbonyl (C=O) groups is 1. The van der Waals surface area contributed by atoms with Gasteiger partial charge in [0.05, 0.1) is 0 Å². The summed E-state index contributed by atoms with van der Waals surface area (Å²) in [6.45, 7) is 0.513. The monoisotopic (exact) mass is 285 g/mol. The molecule has 104 valence electrons. The van der Waals surface area contributed by atoms with E-state index in [1.165, 1.54) is 0 Å². The number of rotatable bonds is 5. The second-order valence-corrected chi connectivity index (χ2v) is 5.68. The van der Waals surface area contributed by atoms with Gasteiger partial charge in [0, 0.05) is 12.0 Å². The van der Waals surface area contributed by atoms with Gasteiger partial charge in [-0.15, -0.1) is 12.4 Å². The summed E-state index contributed by atoms with van der Waals surface area (Å²) in [6.07, 6.45) is 1.20. The largest absolute Gasteiger partial charge is 0.480 e. The van der Waals surface area contributed by atoms with Crippen molar-refractivity contribution in [1.29, 1.82) is 0 Å². The molecule has 0 radical (unpaired) electrons. The average Bonchev–Trinajstić information content (AvgIpc) is 2.26. The highest BCUT2D eigenvalue weighted by atomic mass is 35.5. The lowest BCUT2D eigenvalue weighted by atomic mass is 9.40. The fourth-order valence-electron chi connectivity index (χ4n) is 3.43. The Bertz CT molecular complexity index is 460. The number of halogens is 2. The summed E-state index contributed by atoms with van der Waals surface area (Å²) in [4.78, 5) is 11.3. The number of carboxylic acids is 1. The van der Waals surface area contributed by atoms with Crippen LogP contribution in [-0.2, 0) is 11.3 Å². The summed E-state index contributed by atoms with van der Waals surface area (Å²) >= 11 is 0. The molecule has 1 atom stereocenters. The Labute approximate surface area is 117 Å². The van der Waals surface area contributed by atoms with Crippen LogP contribution in [0.5, 0.6) is 0 Å². The van der Waals surface area contributed by atoms with Crippen LogP contribution in [0.2, 0.25) is 0 Å². The zero-order valence-corrected chi connectivity index (χ0v) is 11.3. The Hall–Kier alpha value is -1.13. The van der Waals surface area contributed by atoms with Crippen molar-refractivity contribution in [2.45, 2.75) is 37.5 Å². The smallest absolute Gasteiger partial charge is 0.321 e. The van der Waals surface area contributed by atoms with E-state index in [4.69, 9.17) is 0 Å². The Morgan fingerprint density at radius 2 is 1.89 bits per heavy atom. The van der Waals surface area contributed by atoms with Gasteiger partial charge in [-0.25, -0.2) is 4.39 Å². The molecule has 3 aliphatic carbocycles. The van der Waals surface area contributed by atoms with Crippen molar-refractivity contribution in [1.82, 2.24) is 5.32 Å². The molecule has 0 aliphatic heterocycles. The molecule has 2 bridgehead atoms. The van der Waals surface area contributed by atoms with E-state index in [1.807, 2.05) is 30.3 Å². The minimum absolute atomic E-state index is 0. The van der Waals surface area contributed by atoms with Crippen molar-refractivity contribution in [3.63, 3.8) is 0 Å². The summed E-state index contributed by atoms with van der Waals surface area (Å²) in [5, 5.41) is 12.3. The van der Waals surface area contributed by atoms with E-state index in [2.05, 4.69) is 5.32 Å². The van der Waals surface area contributed by atoms with E-state index < -0.39 is 17.7 Å². The van der Waals surface area contributed by atoms with Gasteiger partial charge in [0.25, 0.3) is 0 Å². The Kier molecular flexibility index (Phi) is 3.58. The van der Waals surface area contributed by atoms with Gasteiger partial charge in [-0.05, 0) is 24.8 Å². The van der Waals surface area contributed by atoms with E-state index in [9.17, 15) is 14.3 Å². The van der Waals surface area contributed by atoms with Gasteiger partial charge in [0.2, 0.25) is 0 Å². The number of hydrogen-bond acceptors (Lipinski definition) is 2. The molecule has 3 saturated carbocycles. The highest BCUT2D eigenvalue weighted by molar-refractivity contribution is 5.85. The molecule has 0 amide bonds. The molecule has 0 spiro atoms. The lowest BCUT2D eigenvalue weighted by Gasteiger charge is -2.67. The van der Waals surface area contributed by atoms with Crippen LogP contribution in [0.4, 0.5) is 4.39 Å². The Morgan fingerprint density at radius 3 is 2.37 bits per heavy atom. The lowest BCUT2D eigenvalue weighted by molar-refractivity contribution is -0.231. The van der Waals surface area contributed by atoms with Crippen LogP contribution in [0.15, 0.2) is 30.3 Å². The highest BCUT2D eigenvalue weighted by Crippen LogP contribution is 2.70. The Morgan fingerprint density at radius 1 is 1.32 bits per heavy atom. The summed E-state index contributed by atoms with van der Waals surface area (Å²) in [5.74, 6) is -0.868. The normalized spacial score (nSPS) is 32.5. The number of aliphatic carboxylic acids is 1. The maximum Gasteiger partial charge on any atom is 0.321 e. The number of alkyl halides is 1.